The molecule has 3 nitrogen and oxygen atoms in total. The molecule has 0 bridgehead atoms. The Labute approximate surface area is 120 Å². The van der Waals surface area contributed by atoms with E-state index < -0.39 is 5.82 Å². The second kappa shape index (κ2) is 5.81. The summed E-state index contributed by atoms with van der Waals surface area (Å²) in [7, 11) is 0. The third-order valence-electron chi connectivity index (χ3n) is 3.83. The summed E-state index contributed by atoms with van der Waals surface area (Å²) in [6.07, 6.45) is 3.06. The maximum absolute atomic E-state index is 13.7. The molecule has 0 radical (unpaired) electrons. The first-order valence-corrected chi connectivity index (χ1v) is 7.26. The molecular weight excluding hydrogens is 255 g/mol. The number of nitrogen functional groups attached to an aromatic ring is 1. The van der Waals surface area contributed by atoms with Gasteiger partial charge in [0.15, 0.2) is 0 Å². The Bertz CT molecular complexity index is 486. The van der Waals surface area contributed by atoms with Crippen LogP contribution in [0.1, 0.15) is 49.0 Å². The molecule has 1 aromatic carbocycles. The topological polar surface area (TPSA) is 46.3 Å². The molecule has 1 saturated carbocycles. The van der Waals surface area contributed by atoms with E-state index in [4.69, 9.17) is 5.73 Å². The number of amides is 1. The van der Waals surface area contributed by atoms with E-state index in [-0.39, 0.29) is 5.91 Å². The molecular formula is C16H23FN2O. The fourth-order valence-corrected chi connectivity index (χ4v) is 2.22. The average Bonchev–Trinajstić information content (AvgIpc) is 3.19. The molecule has 1 aromatic rings. The van der Waals surface area contributed by atoms with Crippen molar-refractivity contribution in [1.82, 2.24) is 4.90 Å². The van der Waals surface area contributed by atoms with Gasteiger partial charge in [-0.2, -0.15) is 0 Å². The molecule has 0 heterocycles. The van der Waals surface area contributed by atoms with Gasteiger partial charge in [0.2, 0.25) is 0 Å². The fraction of sp³-hybridized carbons (Fsp3) is 0.562. The zero-order valence-corrected chi connectivity index (χ0v) is 12.4. The summed E-state index contributed by atoms with van der Waals surface area (Å²) in [5.74, 6) is 0.0376. The normalized spacial score (nSPS) is 14.7. The minimum atomic E-state index is -0.409. The lowest BCUT2D eigenvalue weighted by Crippen LogP contribution is -2.34. The number of hydrogen-bond donors (Lipinski definition) is 1. The van der Waals surface area contributed by atoms with Crippen LogP contribution in [-0.4, -0.2) is 23.4 Å². The lowest BCUT2D eigenvalue weighted by atomic mass is 10.1. The van der Waals surface area contributed by atoms with E-state index in [1.807, 2.05) is 4.90 Å². The number of hydrogen-bond acceptors (Lipinski definition) is 2. The van der Waals surface area contributed by atoms with Crippen molar-refractivity contribution in [3.8, 4) is 0 Å². The van der Waals surface area contributed by atoms with Crippen LogP contribution in [0.2, 0.25) is 0 Å². The summed E-state index contributed by atoms with van der Waals surface area (Å²) in [5.41, 5.74) is 6.87. The van der Waals surface area contributed by atoms with E-state index in [2.05, 4.69) is 13.8 Å². The average molecular weight is 278 g/mol. The molecule has 20 heavy (non-hydrogen) atoms. The number of anilines is 1. The molecule has 0 aromatic heterocycles. The van der Waals surface area contributed by atoms with Gasteiger partial charge in [-0.1, -0.05) is 13.8 Å². The summed E-state index contributed by atoms with van der Waals surface area (Å²) in [4.78, 5) is 14.4. The largest absolute Gasteiger partial charge is 0.398 e. The second-order valence-electron chi connectivity index (χ2n) is 6.08. The molecule has 0 unspecified atom stereocenters. The zero-order valence-electron chi connectivity index (χ0n) is 12.4. The Morgan fingerprint density at radius 1 is 1.45 bits per heavy atom. The first-order valence-electron chi connectivity index (χ1n) is 7.26. The van der Waals surface area contributed by atoms with Crippen LogP contribution in [0.5, 0.6) is 0 Å². The predicted molar refractivity (Wildman–Crippen MR) is 79.1 cm³/mol. The molecule has 2 N–H and O–H groups in total. The number of carbonyl (C=O) groups excluding carboxylic acids is 1. The predicted octanol–water partition coefficient (Wildman–Crippen LogP) is 3.37. The van der Waals surface area contributed by atoms with Crippen LogP contribution in [0.4, 0.5) is 10.1 Å². The number of rotatable bonds is 5. The Hall–Kier alpha value is -1.58. The number of halogens is 1. The van der Waals surface area contributed by atoms with Crippen molar-refractivity contribution >= 4 is 11.6 Å². The smallest absolute Gasteiger partial charge is 0.254 e. The highest BCUT2D eigenvalue weighted by molar-refractivity contribution is 5.95. The minimum absolute atomic E-state index is 0.0984. The van der Waals surface area contributed by atoms with Crippen LogP contribution in [0, 0.1) is 18.7 Å². The SMILES string of the molecule is Cc1c(N)cc(C(=O)N(CCC(C)C)C2CC2)cc1F. The summed E-state index contributed by atoms with van der Waals surface area (Å²) < 4.78 is 13.7. The van der Waals surface area contributed by atoms with Crippen LogP contribution in [0.25, 0.3) is 0 Å². The maximum Gasteiger partial charge on any atom is 0.254 e. The second-order valence-corrected chi connectivity index (χ2v) is 6.08. The van der Waals surface area contributed by atoms with E-state index in [1.165, 1.54) is 6.07 Å². The molecule has 1 aliphatic rings. The van der Waals surface area contributed by atoms with Gasteiger partial charge in [-0.3, -0.25) is 4.79 Å². The van der Waals surface area contributed by atoms with Gasteiger partial charge in [0.1, 0.15) is 5.82 Å². The highest BCUT2D eigenvalue weighted by Gasteiger charge is 2.33. The third kappa shape index (κ3) is 3.30. The monoisotopic (exact) mass is 278 g/mol. The Morgan fingerprint density at radius 3 is 2.60 bits per heavy atom. The van der Waals surface area contributed by atoms with Gasteiger partial charge in [-0.25, -0.2) is 4.39 Å². The van der Waals surface area contributed by atoms with Crippen molar-refractivity contribution in [2.24, 2.45) is 5.92 Å². The number of nitrogens with zero attached hydrogens (tertiary/aromatic N) is 1. The van der Waals surface area contributed by atoms with Gasteiger partial charge in [0.25, 0.3) is 5.91 Å². The van der Waals surface area contributed by atoms with Gasteiger partial charge in [0, 0.05) is 29.4 Å². The highest BCUT2D eigenvalue weighted by Crippen LogP contribution is 2.29. The van der Waals surface area contributed by atoms with Crippen LogP contribution < -0.4 is 5.73 Å². The molecule has 4 heteroatoms. The van der Waals surface area contributed by atoms with Gasteiger partial charge in [0.05, 0.1) is 0 Å². The summed E-state index contributed by atoms with van der Waals surface area (Å²) in [6, 6.07) is 3.22. The van der Waals surface area contributed by atoms with Crippen LogP contribution in [-0.2, 0) is 0 Å². The first-order chi connectivity index (χ1) is 9.40. The zero-order chi connectivity index (χ0) is 14.9. The van der Waals surface area contributed by atoms with E-state index in [9.17, 15) is 9.18 Å². The van der Waals surface area contributed by atoms with Crippen molar-refractivity contribution < 1.29 is 9.18 Å². The molecule has 110 valence electrons. The van der Waals surface area contributed by atoms with Crippen molar-refractivity contribution in [3.05, 3.63) is 29.1 Å². The lowest BCUT2D eigenvalue weighted by molar-refractivity contribution is 0.0735. The van der Waals surface area contributed by atoms with E-state index in [0.717, 1.165) is 25.8 Å². The molecule has 1 aliphatic carbocycles. The molecule has 0 aliphatic heterocycles. The Balaban J connectivity index is 2.19. The first kappa shape index (κ1) is 14.8. The van der Waals surface area contributed by atoms with E-state index in [0.29, 0.717) is 28.8 Å². The van der Waals surface area contributed by atoms with Crippen molar-refractivity contribution in [2.45, 2.75) is 46.1 Å². The molecule has 0 atom stereocenters. The Morgan fingerprint density at radius 2 is 2.10 bits per heavy atom. The number of carbonyl (C=O) groups is 1. The van der Waals surface area contributed by atoms with Gasteiger partial charge in [-0.15, -0.1) is 0 Å². The minimum Gasteiger partial charge on any atom is -0.398 e. The summed E-state index contributed by atoms with van der Waals surface area (Å²) in [6.45, 7) is 6.63. The van der Waals surface area contributed by atoms with Crippen LogP contribution >= 0.6 is 0 Å². The maximum atomic E-state index is 13.7. The van der Waals surface area contributed by atoms with Crippen LogP contribution in [0.15, 0.2) is 12.1 Å². The fourth-order valence-electron chi connectivity index (χ4n) is 2.22. The highest BCUT2D eigenvalue weighted by atomic mass is 19.1. The van der Waals surface area contributed by atoms with Gasteiger partial charge in [-0.05, 0) is 44.2 Å². The molecule has 1 amide bonds. The Kier molecular flexibility index (Phi) is 4.31. The van der Waals surface area contributed by atoms with Gasteiger partial charge < -0.3 is 10.6 Å². The van der Waals surface area contributed by atoms with E-state index >= 15 is 0 Å². The molecule has 0 saturated heterocycles. The third-order valence-corrected chi connectivity index (χ3v) is 3.83. The molecule has 2 rings (SSSR count). The summed E-state index contributed by atoms with van der Waals surface area (Å²) >= 11 is 0. The molecule has 0 spiro atoms. The quantitative estimate of drug-likeness (QED) is 0.839. The van der Waals surface area contributed by atoms with Crippen molar-refractivity contribution in [2.75, 3.05) is 12.3 Å². The van der Waals surface area contributed by atoms with Crippen molar-refractivity contribution in [3.63, 3.8) is 0 Å². The standard InChI is InChI=1S/C16H23FN2O/c1-10(2)6-7-19(13-4-5-13)16(20)12-8-14(17)11(3)15(18)9-12/h8-10,13H,4-7,18H2,1-3H3. The lowest BCUT2D eigenvalue weighted by Gasteiger charge is -2.24. The van der Waals surface area contributed by atoms with Crippen molar-refractivity contribution in [1.29, 1.82) is 0 Å². The number of benzene rings is 1. The number of nitrogens with two attached hydrogens (primary N) is 1. The van der Waals surface area contributed by atoms with E-state index in [1.54, 1.807) is 13.0 Å². The van der Waals surface area contributed by atoms with Crippen LogP contribution in [0.3, 0.4) is 0 Å². The van der Waals surface area contributed by atoms with Gasteiger partial charge >= 0.3 is 0 Å². The summed E-state index contributed by atoms with van der Waals surface area (Å²) in [5, 5.41) is 0. The molecule has 1 fully saturated rings.